The zero-order chi connectivity index (χ0) is 24.3. The standard InChI is InChI=1S/C26H24FN3O4S/c1-16-8-14-35-24(16)20-17-5-2-6-18(27)23(17)34-13-4-11-26(9-3-10-26)28-15-30(20)29-12-7-19(31)22(32)21(29)25(28)33/h2,4-8,11-12,14,20,32H,3,9-10,13,15H2,1H3/b11-4+. The number of aromatic nitrogens is 1. The molecule has 1 aromatic carbocycles. The van der Waals surface area contributed by atoms with Crippen molar-refractivity contribution in [2.24, 2.45) is 0 Å². The first kappa shape index (κ1) is 21.9. The number of nitrogens with zero attached hydrogens (tertiary/aromatic N) is 3. The van der Waals surface area contributed by atoms with E-state index in [-0.39, 0.29) is 24.7 Å². The van der Waals surface area contributed by atoms with Gasteiger partial charge in [-0.3, -0.25) is 19.3 Å². The quantitative estimate of drug-likeness (QED) is 0.517. The summed E-state index contributed by atoms with van der Waals surface area (Å²) in [7, 11) is 0. The number of para-hydroxylation sites is 1. The second-order valence-electron chi connectivity index (χ2n) is 9.23. The van der Waals surface area contributed by atoms with Crippen LogP contribution in [0.3, 0.4) is 0 Å². The van der Waals surface area contributed by atoms with Gasteiger partial charge in [0, 0.05) is 22.7 Å². The Bertz CT molecular complexity index is 1420. The number of aryl methyl sites for hydroxylation is 1. The third kappa shape index (κ3) is 3.21. The molecule has 2 aromatic heterocycles. The van der Waals surface area contributed by atoms with Gasteiger partial charge in [-0.05, 0) is 55.3 Å². The van der Waals surface area contributed by atoms with Crippen LogP contribution in [0, 0.1) is 12.7 Å². The number of amides is 1. The summed E-state index contributed by atoms with van der Waals surface area (Å²) in [5, 5.41) is 14.7. The number of fused-ring (bicyclic) bond motifs is 6. The van der Waals surface area contributed by atoms with Gasteiger partial charge >= 0.3 is 0 Å². The van der Waals surface area contributed by atoms with E-state index in [2.05, 4.69) is 0 Å². The van der Waals surface area contributed by atoms with Gasteiger partial charge in [0.05, 0.1) is 5.54 Å². The van der Waals surface area contributed by atoms with Gasteiger partial charge in [0.25, 0.3) is 5.91 Å². The molecule has 1 atom stereocenters. The van der Waals surface area contributed by atoms with E-state index >= 15 is 4.39 Å². The number of hydrogen-bond acceptors (Lipinski definition) is 6. The molecule has 2 bridgehead atoms. The Balaban J connectivity index is 1.67. The summed E-state index contributed by atoms with van der Waals surface area (Å²) >= 11 is 1.53. The Kier molecular flexibility index (Phi) is 5.00. The van der Waals surface area contributed by atoms with Crippen molar-refractivity contribution in [3.63, 3.8) is 0 Å². The molecule has 3 aromatic rings. The third-order valence-corrected chi connectivity index (χ3v) is 8.39. The number of pyridine rings is 1. The van der Waals surface area contributed by atoms with E-state index in [9.17, 15) is 14.7 Å². The molecule has 35 heavy (non-hydrogen) atoms. The van der Waals surface area contributed by atoms with Crippen molar-refractivity contribution in [2.75, 3.05) is 18.3 Å². The van der Waals surface area contributed by atoms with E-state index in [1.807, 2.05) is 41.6 Å². The van der Waals surface area contributed by atoms with Crippen LogP contribution < -0.4 is 15.2 Å². The highest BCUT2D eigenvalue weighted by molar-refractivity contribution is 7.10. The smallest absolute Gasteiger partial charge is 0.278 e. The molecular weight excluding hydrogens is 469 g/mol. The lowest BCUT2D eigenvalue weighted by Crippen LogP contribution is -2.64. The summed E-state index contributed by atoms with van der Waals surface area (Å²) in [6.45, 7) is 2.34. The van der Waals surface area contributed by atoms with Gasteiger partial charge in [-0.2, -0.15) is 0 Å². The van der Waals surface area contributed by atoms with Crippen LogP contribution in [-0.4, -0.2) is 39.4 Å². The highest BCUT2D eigenvalue weighted by Gasteiger charge is 2.49. The van der Waals surface area contributed by atoms with Crippen LogP contribution >= 0.6 is 11.3 Å². The molecule has 1 unspecified atom stereocenters. The number of rotatable bonds is 1. The van der Waals surface area contributed by atoms with Gasteiger partial charge < -0.3 is 14.7 Å². The van der Waals surface area contributed by atoms with E-state index in [1.165, 1.54) is 29.7 Å². The molecule has 1 spiro atoms. The molecule has 1 N–H and O–H groups in total. The molecule has 6 rings (SSSR count). The molecule has 1 aliphatic carbocycles. The highest BCUT2D eigenvalue weighted by Crippen LogP contribution is 2.45. The van der Waals surface area contributed by atoms with Crippen molar-refractivity contribution in [3.05, 3.63) is 91.8 Å². The van der Waals surface area contributed by atoms with Crippen LogP contribution in [0.1, 0.15) is 51.8 Å². The molecule has 7 nitrogen and oxygen atoms in total. The van der Waals surface area contributed by atoms with Crippen molar-refractivity contribution in [1.29, 1.82) is 0 Å². The predicted molar refractivity (Wildman–Crippen MR) is 130 cm³/mol. The largest absolute Gasteiger partial charge is 0.502 e. The van der Waals surface area contributed by atoms with Crippen LogP contribution in [0.15, 0.2) is 58.9 Å². The Morgan fingerprint density at radius 3 is 2.74 bits per heavy atom. The lowest BCUT2D eigenvalue weighted by atomic mass is 9.74. The van der Waals surface area contributed by atoms with Gasteiger partial charge in [0.2, 0.25) is 5.43 Å². The maximum Gasteiger partial charge on any atom is 0.278 e. The van der Waals surface area contributed by atoms with Crippen LogP contribution in [0.4, 0.5) is 4.39 Å². The Labute approximate surface area is 205 Å². The van der Waals surface area contributed by atoms with Crippen LogP contribution in [0.2, 0.25) is 0 Å². The van der Waals surface area contributed by atoms with E-state index < -0.39 is 34.5 Å². The second-order valence-corrected chi connectivity index (χ2v) is 10.2. The summed E-state index contributed by atoms with van der Waals surface area (Å²) in [5.74, 6) is -1.31. The third-order valence-electron chi connectivity index (χ3n) is 7.31. The van der Waals surface area contributed by atoms with Gasteiger partial charge in [-0.15, -0.1) is 11.3 Å². The first-order valence-electron chi connectivity index (χ1n) is 11.6. The average Bonchev–Trinajstić information content (AvgIpc) is 3.22. The maximum atomic E-state index is 15.1. The first-order valence-corrected chi connectivity index (χ1v) is 12.5. The topological polar surface area (TPSA) is 75.0 Å². The van der Waals surface area contributed by atoms with Gasteiger partial charge in [0.1, 0.15) is 19.3 Å². The van der Waals surface area contributed by atoms with Gasteiger partial charge in [-0.25, -0.2) is 4.39 Å². The molecule has 1 saturated carbocycles. The minimum absolute atomic E-state index is 0.0826. The van der Waals surface area contributed by atoms with E-state index in [0.717, 1.165) is 29.7 Å². The molecule has 180 valence electrons. The second kappa shape index (κ2) is 7.98. The molecule has 4 heterocycles. The Hall–Kier alpha value is -3.59. The van der Waals surface area contributed by atoms with Gasteiger partial charge in [0.15, 0.2) is 23.0 Å². The first-order chi connectivity index (χ1) is 16.9. The van der Waals surface area contributed by atoms with Crippen LogP contribution in [-0.2, 0) is 0 Å². The monoisotopic (exact) mass is 493 g/mol. The molecule has 3 aliphatic rings. The van der Waals surface area contributed by atoms with Gasteiger partial charge in [-0.1, -0.05) is 18.2 Å². The Morgan fingerprint density at radius 2 is 2.03 bits per heavy atom. The number of halogens is 1. The zero-order valence-electron chi connectivity index (χ0n) is 19.1. The summed E-state index contributed by atoms with van der Waals surface area (Å²) in [6.07, 6.45) is 7.75. The number of thiophene rings is 1. The number of benzene rings is 1. The SMILES string of the molecule is Cc1ccsc1C1c2cccc(F)c2OC/C=C/C2(CCC2)N2CN1n1ccc(=O)c(O)c1C2=O. The van der Waals surface area contributed by atoms with E-state index in [0.29, 0.717) is 5.56 Å². The maximum absolute atomic E-state index is 15.1. The fraction of sp³-hybridized carbons (Fsp3) is 0.308. The van der Waals surface area contributed by atoms with Crippen molar-refractivity contribution >= 4 is 17.2 Å². The predicted octanol–water partition coefficient (Wildman–Crippen LogP) is 4.08. The molecule has 1 amide bonds. The highest BCUT2D eigenvalue weighted by atomic mass is 32.1. The summed E-state index contributed by atoms with van der Waals surface area (Å²) < 4.78 is 22.7. The fourth-order valence-electron chi connectivity index (χ4n) is 5.34. The van der Waals surface area contributed by atoms with E-state index in [4.69, 9.17) is 4.74 Å². The molecule has 0 saturated heterocycles. The molecule has 0 radical (unpaired) electrons. The number of hydrogen-bond donors (Lipinski definition) is 1. The Morgan fingerprint density at radius 1 is 1.20 bits per heavy atom. The molecule has 1 fully saturated rings. The number of carbonyl (C=O) groups is 1. The summed E-state index contributed by atoms with van der Waals surface area (Å²) in [4.78, 5) is 28.9. The molecular formula is C26H24FN3O4S. The minimum atomic E-state index is -0.618. The lowest BCUT2D eigenvalue weighted by molar-refractivity contribution is 0.0256. The van der Waals surface area contributed by atoms with Crippen molar-refractivity contribution < 1.29 is 19.0 Å². The summed E-state index contributed by atoms with van der Waals surface area (Å²) in [6, 6.07) is 7.55. The number of carbonyl (C=O) groups excluding carboxylic acids is 1. The van der Waals surface area contributed by atoms with Crippen LogP contribution in [0.5, 0.6) is 11.5 Å². The average molecular weight is 494 g/mol. The van der Waals surface area contributed by atoms with Crippen LogP contribution in [0.25, 0.3) is 0 Å². The minimum Gasteiger partial charge on any atom is -0.502 e. The normalized spacial score (nSPS) is 21.4. The fourth-order valence-corrected chi connectivity index (χ4v) is 6.39. The number of aromatic hydroxyl groups is 1. The zero-order valence-corrected chi connectivity index (χ0v) is 19.9. The number of ether oxygens (including phenoxy) is 1. The molecule has 2 aliphatic heterocycles. The van der Waals surface area contributed by atoms with Crippen molar-refractivity contribution in [2.45, 2.75) is 37.8 Å². The molecule has 9 heteroatoms. The lowest BCUT2D eigenvalue weighted by Gasteiger charge is -2.53. The van der Waals surface area contributed by atoms with Crippen molar-refractivity contribution in [1.82, 2.24) is 9.58 Å². The van der Waals surface area contributed by atoms with Crippen molar-refractivity contribution in [3.8, 4) is 11.5 Å². The summed E-state index contributed by atoms with van der Waals surface area (Å²) in [5.41, 5.74) is 0.351. The van der Waals surface area contributed by atoms with E-state index in [1.54, 1.807) is 15.6 Å².